The second-order valence-electron chi connectivity index (χ2n) is 13.5. The van der Waals surface area contributed by atoms with Gasteiger partial charge in [0.1, 0.15) is 17.3 Å². The molecule has 48 heavy (non-hydrogen) atoms. The summed E-state index contributed by atoms with van der Waals surface area (Å²) in [7, 11) is 0. The molecule has 3 N–H and O–H groups in total. The zero-order valence-electron chi connectivity index (χ0n) is 28.4. The van der Waals surface area contributed by atoms with Crippen LogP contribution in [-0.4, -0.2) is 54.4 Å². The van der Waals surface area contributed by atoms with Crippen LogP contribution in [0.2, 0.25) is 0 Å². The lowest BCUT2D eigenvalue weighted by Gasteiger charge is -2.26. The number of benzene rings is 2. The van der Waals surface area contributed by atoms with Gasteiger partial charge in [0.05, 0.1) is 31.0 Å². The molecular weight excluding hydrogens is 646 g/mol. The van der Waals surface area contributed by atoms with Gasteiger partial charge < -0.3 is 25.2 Å². The maximum Gasteiger partial charge on any atom is 0.422 e. The first-order valence-corrected chi connectivity index (χ1v) is 15.2. The molecule has 2 amide bonds. The molecule has 0 aliphatic rings. The third-order valence-corrected chi connectivity index (χ3v) is 6.81. The van der Waals surface area contributed by atoms with Crippen molar-refractivity contribution in [1.82, 2.24) is 10.6 Å². The quantitative estimate of drug-likeness (QED) is 0.158. The number of carbonyl (C=O) groups excluding carboxylic acids is 3. The smallest absolute Gasteiger partial charge is 0.422 e. The summed E-state index contributed by atoms with van der Waals surface area (Å²) in [6.07, 6.45) is -9.88. The predicted molar refractivity (Wildman–Crippen MR) is 168 cm³/mol. The number of carbonyl (C=O) groups is 3. The summed E-state index contributed by atoms with van der Waals surface area (Å²) in [5, 5.41) is 15.3. The van der Waals surface area contributed by atoms with Crippen LogP contribution in [0.3, 0.4) is 0 Å². The maximum absolute atomic E-state index is 12.2. The SMILES string of the molecule is C[C@H](NC(=O)CC(=O)C(C)(C)C)c1cccc(OCC(F)(F)F)c1.C[C@H](NC(=O)CC(O)C(C)(C)C)c1cccc(OCC(F)(F)F)c1. The van der Waals surface area contributed by atoms with Crippen molar-refractivity contribution < 1.29 is 55.3 Å². The number of hydrogen-bond donors (Lipinski definition) is 3. The first-order chi connectivity index (χ1) is 21.8. The van der Waals surface area contributed by atoms with Crippen LogP contribution in [0, 0.1) is 10.8 Å². The fourth-order valence-corrected chi connectivity index (χ4v) is 3.73. The summed E-state index contributed by atoms with van der Waals surface area (Å²) in [5.41, 5.74) is 0.192. The van der Waals surface area contributed by atoms with Crippen LogP contribution in [0.25, 0.3) is 0 Å². The lowest BCUT2D eigenvalue weighted by Crippen LogP contribution is -2.35. The molecule has 0 aliphatic heterocycles. The molecule has 0 saturated heterocycles. The zero-order chi connectivity index (χ0) is 37.1. The van der Waals surface area contributed by atoms with Crippen molar-refractivity contribution in [3.63, 3.8) is 0 Å². The largest absolute Gasteiger partial charge is 0.484 e. The summed E-state index contributed by atoms with van der Waals surface area (Å²) < 4.78 is 82.5. The number of nitrogens with one attached hydrogen (secondary N) is 2. The maximum atomic E-state index is 12.2. The number of Topliss-reactive ketones (excluding diaryl/α,β-unsaturated/α-hetero) is 1. The minimum absolute atomic E-state index is 0.0435. The molecule has 0 aliphatic carbocycles. The topological polar surface area (TPSA) is 114 Å². The van der Waals surface area contributed by atoms with E-state index in [0.29, 0.717) is 11.1 Å². The second-order valence-corrected chi connectivity index (χ2v) is 13.5. The molecule has 270 valence electrons. The first kappa shape index (κ1) is 42.2. The Morgan fingerprint density at radius 3 is 1.46 bits per heavy atom. The number of amides is 2. The van der Waals surface area contributed by atoms with Crippen molar-refractivity contribution in [2.75, 3.05) is 13.2 Å². The van der Waals surface area contributed by atoms with Gasteiger partial charge in [-0.1, -0.05) is 65.8 Å². The summed E-state index contributed by atoms with van der Waals surface area (Å²) in [6.45, 7) is 11.3. The number of ether oxygens (including phenoxy) is 2. The van der Waals surface area contributed by atoms with E-state index in [4.69, 9.17) is 4.74 Å². The van der Waals surface area contributed by atoms with E-state index in [1.165, 1.54) is 24.3 Å². The molecule has 0 fully saturated rings. The number of alkyl halides is 6. The standard InChI is InChI=1S/C17H24F3NO3.C17H22F3NO3/c2*1-11(21-15(23)9-14(22)16(2,3)4)12-6-5-7-13(8-12)24-10-17(18,19)20/h5-8,11,14,22H,9-10H2,1-4H3,(H,21,23);5-8,11H,9-10H2,1-4H3,(H,21,23)/t11-,14?;11-/m00/s1. The molecule has 0 spiro atoms. The summed E-state index contributed by atoms with van der Waals surface area (Å²) in [6, 6.07) is 11.3. The van der Waals surface area contributed by atoms with E-state index >= 15 is 0 Å². The van der Waals surface area contributed by atoms with Gasteiger partial charge in [-0.05, 0) is 54.7 Å². The van der Waals surface area contributed by atoms with Gasteiger partial charge in [-0.2, -0.15) is 26.3 Å². The number of halogens is 6. The Bertz CT molecular complexity index is 1350. The highest BCUT2D eigenvalue weighted by atomic mass is 19.4. The van der Waals surface area contributed by atoms with Crippen molar-refractivity contribution in [2.45, 2.75) is 98.8 Å². The molecule has 2 aromatic rings. The van der Waals surface area contributed by atoms with E-state index in [9.17, 15) is 45.8 Å². The number of aliphatic hydroxyl groups excluding tert-OH is 1. The Labute approximate surface area is 277 Å². The molecule has 14 heteroatoms. The molecular formula is C34H46F6N2O6. The van der Waals surface area contributed by atoms with E-state index in [0.717, 1.165) is 0 Å². The van der Waals surface area contributed by atoms with Crippen LogP contribution in [-0.2, 0) is 14.4 Å². The minimum atomic E-state index is -4.41. The van der Waals surface area contributed by atoms with Crippen LogP contribution in [0.4, 0.5) is 26.3 Å². The van der Waals surface area contributed by atoms with Gasteiger partial charge in [0.2, 0.25) is 11.8 Å². The van der Waals surface area contributed by atoms with Gasteiger partial charge in [-0.25, -0.2) is 0 Å². The van der Waals surface area contributed by atoms with Crippen LogP contribution >= 0.6 is 0 Å². The van der Waals surface area contributed by atoms with Crippen LogP contribution in [0.5, 0.6) is 11.5 Å². The zero-order valence-corrected chi connectivity index (χ0v) is 28.4. The van der Waals surface area contributed by atoms with Crippen LogP contribution < -0.4 is 20.1 Å². The van der Waals surface area contributed by atoms with Crippen molar-refractivity contribution in [3.8, 4) is 11.5 Å². The van der Waals surface area contributed by atoms with Crippen LogP contribution in [0.1, 0.15) is 91.4 Å². The number of ketones is 1. The minimum Gasteiger partial charge on any atom is -0.484 e. The van der Waals surface area contributed by atoms with Crippen LogP contribution in [0.15, 0.2) is 48.5 Å². The number of rotatable bonds is 12. The summed E-state index contributed by atoms with van der Waals surface area (Å²) in [5.74, 6) is -0.789. The van der Waals surface area contributed by atoms with Gasteiger partial charge >= 0.3 is 12.4 Å². The Kier molecular flexibility index (Phi) is 15.4. The van der Waals surface area contributed by atoms with E-state index in [2.05, 4.69) is 15.4 Å². The third-order valence-electron chi connectivity index (χ3n) is 6.81. The molecule has 1 unspecified atom stereocenters. The third kappa shape index (κ3) is 17.4. The lowest BCUT2D eigenvalue weighted by molar-refractivity contribution is -0.154. The van der Waals surface area contributed by atoms with Gasteiger partial charge in [0.15, 0.2) is 13.2 Å². The van der Waals surface area contributed by atoms with Gasteiger partial charge in [0.25, 0.3) is 0 Å². The van der Waals surface area contributed by atoms with Crippen molar-refractivity contribution in [2.24, 2.45) is 10.8 Å². The highest BCUT2D eigenvalue weighted by molar-refractivity contribution is 6.00. The van der Waals surface area contributed by atoms with E-state index in [1.54, 1.807) is 58.9 Å². The molecule has 0 radical (unpaired) electrons. The number of aliphatic hydroxyl groups is 1. The Morgan fingerprint density at radius 1 is 0.708 bits per heavy atom. The fourth-order valence-electron chi connectivity index (χ4n) is 3.73. The van der Waals surface area contributed by atoms with Gasteiger partial charge in [-0.3, -0.25) is 14.4 Å². The average molecular weight is 693 g/mol. The predicted octanol–water partition coefficient (Wildman–Crippen LogP) is 7.41. The molecule has 0 aromatic heterocycles. The summed E-state index contributed by atoms with van der Waals surface area (Å²) in [4.78, 5) is 35.7. The molecule has 0 heterocycles. The Balaban J connectivity index is 0.000000480. The van der Waals surface area contributed by atoms with E-state index in [-0.39, 0.29) is 36.0 Å². The second kappa shape index (κ2) is 17.5. The lowest BCUT2D eigenvalue weighted by atomic mass is 9.87. The highest BCUT2D eigenvalue weighted by Crippen LogP contribution is 2.25. The summed E-state index contributed by atoms with van der Waals surface area (Å²) >= 11 is 0. The first-order valence-electron chi connectivity index (χ1n) is 15.2. The number of hydrogen-bond acceptors (Lipinski definition) is 6. The fraction of sp³-hybridized carbons (Fsp3) is 0.559. The average Bonchev–Trinajstić information content (AvgIpc) is 2.93. The normalized spacial score (nSPS) is 14.1. The Hall–Kier alpha value is -3.81. The highest BCUT2D eigenvalue weighted by Gasteiger charge is 2.30. The molecule has 2 rings (SSSR count). The molecule has 0 bridgehead atoms. The van der Waals surface area contributed by atoms with E-state index in [1.807, 2.05) is 20.8 Å². The monoisotopic (exact) mass is 692 g/mol. The van der Waals surface area contributed by atoms with Crippen molar-refractivity contribution in [1.29, 1.82) is 0 Å². The molecule has 3 atom stereocenters. The molecule has 2 aromatic carbocycles. The van der Waals surface area contributed by atoms with Gasteiger partial charge in [0, 0.05) is 5.41 Å². The van der Waals surface area contributed by atoms with E-state index < -0.39 is 60.5 Å². The molecule has 8 nitrogen and oxygen atoms in total. The van der Waals surface area contributed by atoms with Crippen molar-refractivity contribution in [3.05, 3.63) is 59.7 Å². The molecule has 0 saturated carbocycles. The Morgan fingerprint density at radius 2 is 1.10 bits per heavy atom. The van der Waals surface area contributed by atoms with Crippen molar-refractivity contribution >= 4 is 17.6 Å². The van der Waals surface area contributed by atoms with Gasteiger partial charge in [-0.15, -0.1) is 0 Å².